The van der Waals surface area contributed by atoms with Crippen LogP contribution in [0.3, 0.4) is 0 Å². The maximum atomic E-state index is 4.50. The smallest absolute Gasteiger partial charge is 0.157 e. The third kappa shape index (κ3) is 1.76. The van der Waals surface area contributed by atoms with E-state index in [9.17, 15) is 0 Å². The maximum Gasteiger partial charge on any atom is 0.157 e. The summed E-state index contributed by atoms with van der Waals surface area (Å²) in [5.41, 5.74) is 3.55. The van der Waals surface area contributed by atoms with Gasteiger partial charge in [-0.1, -0.05) is 6.92 Å². The van der Waals surface area contributed by atoms with Crippen LogP contribution in [0.4, 0.5) is 5.69 Å². The molecule has 3 rings (SSSR count). The Kier molecular flexibility index (Phi) is 2.37. The highest BCUT2D eigenvalue weighted by atomic mass is 15.3. The molecule has 1 N–H and O–H groups in total. The van der Waals surface area contributed by atoms with Gasteiger partial charge in [0.25, 0.3) is 0 Å². The molecular formula is C14H20N4. The SMILES string of the molecule is Cc1nn(C)c2ncc(NC(C)C3(C)CC3)cc12. The number of fused-ring (bicyclic) bond motifs is 1. The van der Waals surface area contributed by atoms with Crippen molar-refractivity contribution < 1.29 is 0 Å². The lowest BCUT2D eigenvalue weighted by Crippen LogP contribution is -2.24. The molecule has 1 fully saturated rings. The van der Waals surface area contributed by atoms with Crippen LogP contribution in [0.2, 0.25) is 0 Å². The minimum atomic E-state index is 0.471. The van der Waals surface area contributed by atoms with E-state index in [1.807, 2.05) is 24.9 Å². The number of hydrogen-bond donors (Lipinski definition) is 1. The van der Waals surface area contributed by atoms with Gasteiger partial charge < -0.3 is 5.32 Å². The van der Waals surface area contributed by atoms with Gasteiger partial charge in [-0.15, -0.1) is 0 Å². The number of anilines is 1. The number of pyridine rings is 1. The first-order valence-electron chi connectivity index (χ1n) is 6.55. The van der Waals surface area contributed by atoms with Crippen LogP contribution in [0.5, 0.6) is 0 Å². The van der Waals surface area contributed by atoms with Crippen molar-refractivity contribution in [3.63, 3.8) is 0 Å². The monoisotopic (exact) mass is 244 g/mol. The van der Waals surface area contributed by atoms with Crippen LogP contribution in [-0.2, 0) is 7.05 Å². The Labute approximate surface area is 107 Å². The molecule has 18 heavy (non-hydrogen) atoms. The van der Waals surface area contributed by atoms with Crippen molar-refractivity contribution in [3.8, 4) is 0 Å². The summed E-state index contributed by atoms with van der Waals surface area (Å²) in [6, 6.07) is 2.65. The van der Waals surface area contributed by atoms with Crippen LogP contribution in [0.1, 0.15) is 32.4 Å². The predicted molar refractivity (Wildman–Crippen MR) is 73.7 cm³/mol. The van der Waals surface area contributed by atoms with Gasteiger partial charge in [0.1, 0.15) is 0 Å². The van der Waals surface area contributed by atoms with Gasteiger partial charge in [0.15, 0.2) is 5.65 Å². The second kappa shape index (κ2) is 3.70. The molecule has 4 heteroatoms. The molecule has 4 nitrogen and oxygen atoms in total. The molecule has 0 aliphatic heterocycles. The molecule has 2 heterocycles. The van der Waals surface area contributed by atoms with E-state index < -0.39 is 0 Å². The van der Waals surface area contributed by atoms with Gasteiger partial charge in [0, 0.05) is 18.5 Å². The molecule has 0 bridgehead atoms. The van der Waals surface area contributed by atoms with E-state index in [4.69, 9.17) is 0 Å². The summed E-state index contributed by atoms with van der Waals surface area (Å²) in [5.74, 6) is 0. The van der Waals surface area contributed by atoms with Crippen molar-refractivity contribution in [1.82, 2.24) is 14.8 Å². The standard InChI is InChI=1S/C14H20N4/c1-9-12-7-11(8-15-13(12)18(4)17-9)16-10(2)14(3)5-6-14/h7-8,10,16H,5-6H2,1-4H3. The molecule has 1 aliphatic carbocycles. The zero-order valence-corrected chi connectivity index (χ0v) is 11.5. The largest absolute Gasteiger partial charge is 0.381 e. The number of hydrogen-bond acceptors (Lipinski definition) is 3. The molecule has 2 aromatic heterocycles. The first-order chi connectivity index (χ1) is 8.49. The average Bonchev–Trinajstić information content (AvgIpc) is 3.02. The van der Waals surface area contributed by atoms with Gasteiger partial charge >= 0.3 is 0 Å². The summed E-state index contributed by atoms with van der Waals surface area (Å²) in [6.45, 7) is 6.62. The fourth-order valence-electron chi connectivity index (χ4n) is 2.44. The van der Waals surface area contributed by atoms with Crippen LogP contribution >= 0.6 is 0 Å². The van der Waals surface area contributed by atoms with E-state index in [1.165, 1.54) is 12.8 Å². The Hall–Kier alpha value is -1.58. The zero-order valence-electron chi connectivity index (χ0n) is 11.5. The lowest BCUT2D eigenvalue weighted by Gasteiger charge is -2.21. The highest BCUT2D eigenvalue weighted by molar-refractivity contribution is 5.81. The lowest BCUT2D eigenvalue weighted by molar-refractivity contribution is 0.493. The fraction of sp³-hybridized carbons (Fsp3) is 0.571. The molecule has 1 atom stereocenters. The molecule has 1 saturated carbocycles. The number of aromatic nitrogens is 3. The minimum Gasteiger partial charge on any atom is -0.381 e. The fourth-order valence-corrected chi connectivity index (χ4v) is 2.44. The van der Waals surface area contributed by atoms with Gasteiger partial charge in [0.05, 0.1) is 17.6 Å². The molecule has 1 aliphatic rings. The van der Waals surface area contributed by atoms with Crippen molar-refractivity contribution in [3.05, 3.63) is 18.0 Å². The van der Waals surface area contributed by atoms with E-state index in [0.717, 1.165) is 22.4 Å². The summed E-state index contributed by atoms with van der Waals surface area (Å²) >= 11 is 0. The van der Waals surface area contributed by atoms with Gasteiger partial charge in [-0.3, -0.25) is 4.68 Å². The van der Waals surface area contributed by atoms with E-state index in [2.05, 4.69) is 35.3 Å². The number of nitrogens with zero attached hydrogens (tertiary/aromatic N) is 3. The highest BCUT2D eigenvalue weighted by Gasteiger charge is 2.42. The van der Waals surface area contributed by atoms with Gasteiger partial charge in [-0.25, -0.2) is 4.98 Å². The Bertz CT molecular complexity index is 595. The molecule has 96 valence electrons. The van der Waals surface area contributed by atoms with Gasteiger partial charge in [0.2, 0.25) is 0 Å². The molecule has 0 amide bonds. The lowest BCUT2D eigenvalue weighted by atomic mass is 10.0. The van der Waals surface area contributed by atoms with Gasteiger partial charge in [-0.2, -0.15) is 5.10 Å². The molecule has 2 aromatic rings. The van der Waals surface area contributed by atoms with Crippen LogP contribution in [0.15, 0.2) is 12.3 Å². The summed E-state index contributed by atoms with van der Waals surface area (Å²) in [4.78, 5) is 4.50. The average molecular weight is 244 g/mol. The quantitative estimate of drug-likeness (QED) is 0.902. The summed E-state index contributed by atoms with van der Waals surface area (Å²) in [6.07, 6.45) is 4.55. The van der Waals surface area contributed by atoms with Crippen molar-refractivity contribution in [2.75, 3.05) is 5.32 Å². The highest BCUT2D eigenvalue weighted by Crippen LogP contribution is 2.48. The molecule has 0 saturated heterocycles. The second-order valence-corrected chi connectivity index (χ2v) is 5.82. The summed E-state index contributed by atoms with van der Waals surface area (Å²) in [7, 11) is 1.93. The first-order valence-corrected chi connectivity index (χ1v) is 6.55. The van der Waals surface area contributed by atoms with Crippen molar-refractivity contribution >= 4 is 16.7 Å². The second-order valence-electron chi connectivity index (χ2n) is 5.82. The number of aryl methyl sites for hydroxylation is 2. The Morgan fingerprint density at radius 3 is 2.83 bits per heavy atom. The van der Waals surface area contributed by atoms with Crippen molar-refractivity contribution in [2.45, 2.75) is 39.7 Å². The Balaban J connectivity index is 1.91. The van der Waals surface area contributed by atoms with Gasteiger partial charge in [-0.05, 0) is 38.2 Å². The summed E-state index contributed by atoms with van der Waals surface area (Å²) in [5, 5.41) is 9.11. The summed E-state index contributed by atoms with van der Waals surface area (Å²) < 4.78 is 1.83. The van der Waals surface area contributed by atoms with Crippen LogP contribution in [-0.4, -0.2) is 20.8 Å². The first kappa shape index (κ1) is 11.5. The molecule has 0 spiro atoms. The molecule has 1 unspecified atom stereocenters. The predicted octanol–water partition coefficient (Wildman–Crippen LogP) is 2.88. The van der Waals surface area contributed by atoms with E-state index in [1.54, 1.807) is 0 Å². The zero-order chi connectivity index (χ0) is 12.9. The Morgan fingerprint density at radius 2 is 2.17 bits per heavy atom. The normalized spacial score (nSPS) is 18.9. The van der Waals surface area contributed by atoms with Crippen LogP contribution < -0.4 is 5.32 Å². The minimum absolute atomic E-state index is 0.471. The third-order valence-electron chi connectivity index (χ3n) is 4.33. The van der Waals surface area contributed by atoms with Crippen LogP contribution in [0.25, 0.3) is 11.0 Å². The van der Waals surface area contributed by atoms with Crippen molar-refractivity contribution in [1.29, 1.82) is 0 Å². The van der Waals surface area contributed by atoms with E-state index in [0.29, 0.717) is 11.5 Å². The third-order valence-corrected chi connectivity index (χ3v) is 4.33. The van der Waals surface area contributed by atoms with E-state index in [-0.39, 0.29) is 0 Å². The molecule has 0 radical (unpaired) electrons. The number of rotatable bonds is 3. The molecule has 0 aromatic carbocycles. The molecular weight excluding hydrogens is 224 g/mol. The number of nitrogens with one attached hydrogen (secondary N) is 1. The Morgan fingerprint density at radius 1 is 1.44 bits per heavy atom. The maximum absolute atomic E-state index is 4.50. The van der Waals surface area contributed by atoms with E-state index >= 15 is 0 Å². The van der Waals surface area contributed by atoms with Crippen molar-refractivity contribution in [2.24, 2.45) is 12.5 Å². The van der Waals surface area contributed by atoms with Crippen LogP contribution in [0, 0.1) is 12.3 Å². The topological polar surface area (TPSA) is 42.7 Å².